The minimum Gasteiger partial charge on any atom is -0.464 e. The summed E-state index contributed by atoms with van der Waals surface area (Å²) in [6.45, 7) is 6.44. The minimum atomic E-state index is 0.986. The molecule has 3 aromatic heterocycles. The number of aryl methyl sites for hydroxylation is 3. The average molecular weight is 274 g/mol. The Bertz CT molecular complexity index is 685. The van der Waals surface area contributed by atoms with E-state index in [0.717, 1.165) is 5.76 Å². The number of furan rings is 1. The van der Waals surface area contributed by atoms with Crippen LogP contribution in [0.15, 0.2) is 34.3 Å². The zero-order valence-electron chi connectivity index (χ0n) is 10.6. The van der Waals surface area contributed by atoms with Crippen LogP contribution in [-0.4, -0.2) is 0 Å². The van der Waals surface area contributed by atoms with Gasteiger partial charge in [0, 0.05) is 31.1 Å². The number of thiophene rings is 2. The van der Waals surface area contributed by atoms with E-state index in [0.29, 0.717) is 0 Å². The monoisotopic (exact) mass is 274 g/mol. The topological polar surface area (TPSA) is 13.1 Å². The predicted octanol–water partition coefficient (Wildman–Crippen LogP) is 5.66. The highest BCUT2D eigenvalue weighted by atomic mass is 32.1. The Morgan fingerprint density at radius 1 is 1.00 bits per heavy atom. The lowest BCUT2D eigenvalue weighted by Crippen LogP contribution is -1.77. The molecule has 0 spiro atoms. The van der Waals surface area contributed by atoms with Gasteiger partial charge in [-0.3, -0.25) is 0 Å². The summed E-state index contributed by atoms with van der Waals surface area (Å²) in [5, 5.41) is 2.16. The molecule has 0 radical (unpaired) electrons. The molecule has 0 aliphatic heterocycles. The van der Waals surface area contributed by atoms with Gasteiger partial charge in [-0.25, -0.2) is 0 Å². The van der Waals surface area contributed by atoms with Crippen molar-refractivity contribution < 1.29 is 4.42 Å². The van der Waals surface area contributed by atoms with Crippen LogP contribution >= 0.6 is 22.7 Å². The second-order valence-electron chi connectivity index (χ2n) is 4.44. The van der Waals surface area contributed by atoms with E-state index >= 15 is 0 Å². The van der Waals surface area contributed by atoms with Crippen LogP contribution in [0.5, 0.6) is 0 Å². The molecule has 3 rings (SSSR count). The van der Waals surface area contributed by atoms with E-state index in [4.69, 9.17) is 4.42 Å². The predicted molar refractivity (Wildman–Crippen MR) is 79.5 cm³/mol. The second-order valence-corrected chi connectivity index (χ2v) is 7.01. The fraction of sp³-hybridized carbons (Fsp3) is 0.200. The number of hydrogen-bond acceptors (Lipinski definition) is 3. The molecular formula is C15H14OS2. The van der Waals surface area contributed by atoms with E-state index in [1.165, 1.54) is 31.3 Å². The summed E-state index contributed by atoms with van der Waals surface area (Å²) in [4.78, 5) is 4.00. The molecule has 3 heterocycles. The van der Waals surface area contributed by atoms with Gasteiger partial charge in [0.05, 0.1) is 6.26 Å². The van der Waals surface area contributed by atoms with Gasteiger partial charge < -0.3 is 4.42 Å². The molecule has 0 saturated carbocycles. The highest BCUT2D eigenvalue weighted by Crippen LogP contribution is 2.39. The average Bonchev–Trinajstić information content (AvgIpc) is 2.98. The molecule has 18 heavy (non-hydrogen) atoms. The zero-order valence-corrected chi connectivity index (χ0v) is 12.2. The Labute approximate surface area is 115 Å². The van der Waals surface area contributed by atoms with Crippen molar-refractivity contribution >= 4 is 22.7 Å². The first-order chi connectivity index (χ1) is 8.65. The van der Waals surface area contributed by atoms with Crippen molar-refractivity contribution in [3.05, 3.63) is 44.5 Å². The van der Waals surface area contributed by atoms with E-state index < -0.39 is 0 Å². The van der Waals surface area contributed by atoms with Crippen molar-refractivity contribution in [1.29, 1.82) is 0 Å². The summed E-state index contributed by atoms with van der Waals surface area (Å²) in [6.07, 6.45) is 1.78. The maximum atomic E-state index is 5.69. The quantitative estimate of drug-likeness (QED) is 0.587. The highest BCUT2D eigenvalue weighted by Gasteiger charge is 2.15. The summed E-state index contributed by atoms with van der Waals surface area (Å²) in [5.41, 5.74) is 3.68. The van der Waals surface area contributed by atoms with E-state index in [1.54, 1.807) is 17.6 Å². The van der Waals surface area contributed by atoms with Gasteiger partial charge in [-0.15, -0.1) is 22.7 Å². The summed E-state index contributed by atoms with van der Waals surface area (Å²) < 4.78 is 5.69. The molecule has 3 heteroatoms. The summed E-state index contributed by atoms with van der Waals surface area (Å²) in [7, 11) is 0. The molecule has 0 fully saturated rings. The smallest absolute Gasteiger partial charge is 0.142 e. The van der Waals surface area contributed by atoms with Crippen molar-refractivity contribution in [3.8, 4) is 22.5 Å². The standard InChI is InChI=1S/C15H14OS2/c1-9-6-12(8-17-9)15-13(4-5-16-15)14-7-10(2)18-11(14)3/h4-8H,1-3H3. The molecule has 0 unspecified atom stereocenters. The third-order valence-electron chi connectivity index (χ3n) is 2.99. The zero-order chi connectivity index (χ0) is 12.7. The Hall–Kier alpha value is -1.32. The van der Waals surface area contributed by atoms with E-state index in [2.05, 4.69) is 44.4 Å². The second kappa shape index (κ2) is 4.41. The fourth-order valence-corrected chi connectivity index (χ4v) is 3.83. The van der Waals surface area contributed by atoms with Crippen LogP contribution in [0.2, 0.25) is 0 Å². The van der Waals surface area contributed by atoms with Gasteiger partial charge in [0.25, 0.3) is 0 Å². The minimum absolute atomic E-state index is 0.986. The van der Waals surface area contributed by atoms with Crippen molar-refractivity contribution in [2.24, 2.45) is 0 Å². The van der Waals surface area contributed by atoms with Crippen LogP contribution in [0.25, 0.3) is 22.5 Å². The van der Waals surface area contributed by atoms with Gasteiger partial charge in [0.15, 0.2) is 0 Å². The third-order valence-corrected chi connectivity index (χ3v) is 4.82. The molecule has 92 valence electrons. The van der Waals surface area contributed by atoms with Gasteiger partial charge in [-0.05, 0) is 44.5 Å². The highest BCUT2D eigenvalue weighted by molar-refractivity contribution is 7.12. The van der Waals surface area contributed by atoms with E-state index in [1.807, 2.05) is 11.3 Å². The Balaban J connectivity index is 2.15. The molecule has 0 atom stereocenters. The van der Waals surface area contributed by atoms with Gasteiger partial charge in [-0.1, -0.05) is 0 Å². The fourth-order valence-electron chi connectivity index (χ4n) is 2.21. The van der Waals surface area contributed by atoms with E-state index in [9.17, 15) is 0 Å². The molecule has 0 saturated heterocycles. The largest absolute Gasteiger partial charge is 0.464 e. The molecular weight excluding hydrogens is 260 g/mol. The van der Waals surface area contributed by atoms with Crippen LogP contribution < -0.4 is 0 Å². The van der Waals surface area contributed by atoms with Crippen LogP contribution in [0, 0.1) is 20.8 Å². The van der Waals surface area contributed by atoms with Crippen LogP contribution in [-0.2, 0) is 0 Å². The van der Waals surface area contributed by atoms with Crippen molar-refractivity contribution in [3.63, 3.8) is 0 Å². The van der Waals surface area contributed by atoms with E-state index in [-0.39, 0.29) is 0 Å². The lowest BCUT2D eigenvalue weighted by Gasteiger charge is -2.00. The Morgan fingerprint density at radius 3 is 2.44 bits per heavy atom. The first kappa shape index (κ1) is 11.8. The number of hydrogen-bond donors (Lipinski definition) is 0. The maximum absolute atomic E-state index is 5.69. The van der Waals surface area contributed by atoms with Crippen molar-refractivity contribution in [2.75, 3.05) is 0 Å². The lowest BCUT2D eigenvalue weighted by atomic mass is 10.0. The SMILES string of the molecule is Cc1cc(-c2occc2-c2cc(C)sc2C)cs1. The first-order valence-electron chi connectivity index (χ1n) is 5.85. The van der Waals surface area contributed by atoms with Crippen molar-refractivity contribution in [2.45, 2.75) is 20.8 Å². The van der Waals surface area contributed by atoms with Gasteiger partial charge in [0.1, 0.15) is 5.76 Å². The molecule has 0 aliphatic carbocycles. The Morgan fingerprint density at radius 2 is 1.83 bits per heavy atom. The van der Waals surface area contributed by atoms with Crippen LogP contribution in [0.3, 0.4) is 0 Å². The molecule has 1 nitrogen and oxygen atoms in total. The maximum Gasteiger partial charge on any atom is 0.142 e. The Kier molecular flexibility index (Phi) is 2.88. The van der Waals surface area contributed by atoms with Gasteiger partial charge in [0.2, 0.25) is 0 Å². The molecule has 0 aromatic carbocycles. The summed E-state index contributed by atoms with van der Waals surface area (Å²) in [5.74, 6) is 0.986. The van der Waals surface area contributed by atoms with Crippen LogP contribution in [0.4, 0.5) is 0 Å². The molecule has 3 aromatic rings. The van der Waals surface area contributed by atoms with Crippen LogP contribution in [0.1, 0.15) is 14.6 Å². The molecule has 0 N–H and O–H groups in total. The lowest BCUT2D eigenvalue weighted by molar-refractivity contribution is 0.583. The molecule has 0 bridgehead atoms. The van der Waals surface area contributed by atoms with Gasteiger partial charge >= 0.3 is 0 Å². The number of rotatable bonds is 2. The molecule has 0 amide bonds. The summed E-state index contributed by atoms with van der Waals surface area (Å²) >= 11 is 3.60. The third kappa shape index (κ3) is 1.93. The van der Waals surface area contributed by atoms with Gasteiger partial charge in [-0.2, -0.15) is 0 Å². The molecule has 0 aliphatic rings. The van der Waals surface area contributed by atoms with Crippen molar-refractivity contribution in [1.82, 2.24) is 0 Å². The normalized spacial score (nSPS) is 11.1. The summed E-state index contributed by atoms with van der Waals surface area (Å²) in [6, 6.07) is 6.49. The first-order valence-corrected chi connectivity index (χ1v) is 7.55.